The number of hydrogen-bond donors (Lipinski definition) is 3. The minimum atomic E-state index is -0.502. The Kier molecular flexibility index (Phi) is 4.24. The second kappa shape index (κ2) is 5.92. The molecule has 0 bridgehead atoms. The quantitative estimate of drug-likeness (QED) is 0.725. The van der Waals surface area contributed by atoms with Gasteiger partial charge in [-0.25, -0.2) is 0 Å². The van der Waals surface area contributed by atoms with E-state index in [1.54, 1.807) is 23.1 Å². The van der Waals surface area contributed by atoms with E-state index in [1.807, 2.05) is 6.92 Å². The van der Waals surface area contributed by atoms with E-state index < -0.39 is 6.04 Å². The van der Waals surface area contributed by atoms with Gasteiger partial charge in [-0.3, -0.25) is 9.59 Å². The van der Waals surface area contributed by atoms with Gasteiger partial charge in [-0.2, -0.15) is 0 Å². The number of carbonyl (C=O) groups is 2. The van der Waals surface area contributed by atoms with Crippen LogP contribution in [-0.4, -0.2) is 47.0 Å². The molecule has 4 N–H and O–H groups in total. The van der Waals surface area contributed by atoms with E-state index in [0.717, 1.165) is 0 Å². The maximum absolute atomic E-state index is 12.1. The Morgan fingerprint density at radius 1 is 1.45 bits per heavy atom. The van der Waals surface area contributed by atoms with Gasteiger partial charge in [0, 0.05) is 13.1 Å². The van der Waals surface area contributed by atoms with Gasteiger partial charge in [0.1, 0.15) is 5.75 Å². The molecular formula is C14H19N3O3. The van der Waals surface area contributed by atoms with Crippen LogP contribution in [0.4, 0.5) is 0 Å². The van der Waals surface area contributed by atoms with E-state index in [9.17, 15) is 14.7 Å². The Morgan fingerprint density at radius 2 is 2.10 bits per heavy atom. The Labute approximate surface area is 117 Å². The van der Waals surface area contributed by atoms with Crippen LogP contribution in [0, 0.1) is 0 Å². The lowest BCUT2D eigenvalue weighted by molar-refractivity contribution is -0.124. The molecule has 1 aliphatic heterocycles. The van der Waals surface area contributed by atoms with Gasteiger partial charge in [-0.1, -0.05) is 19.1 Å². The number of nitrogens with two attached hydrogens (primary N) is 1. The van der Waals surface area contributed by atoms with Gasteiger partial charge in [-0.05, 0) is 18.6 Å². The number of nitrogens with zero attached hydrogens (tertiary/aromatic N) is 1. The number of hydrogen-bond acceptors (Lipinski definition) is 4. The molecule has 1 aromatic carbocycles. The van der Waals surface area contributed by atoms with E-state index in [1.165, 1.54) is 6.07 Å². The largest absolute Gasteiger partial charge is 0.507 e. The third kappa shape index (κ3) is 2.91. The van der Waals surface area contributed by atoms with Crippen molar-refractivity contribution in [2.75, 3.05) is 13.1 Å². The molecule has 1 aliphatic rings. The predicted molar refractivity (Wildman–Crippen MR) is 74.2 cm³/mol. The van der Waals surface area contributed by atoms with Gasteiger partial charge in [0.05, 0.1) is 17.6 Å². The summed E-state index contributed by atoms with van der Waals surface area (Å²) in [6.07, 6.45) is 0.582. The molecule has 1 aromatic rings. The molecule has 0 radical (unpaired) electrons. The van der Waals surface area contributed by atoms with E-state index in [4.69, 9.17) is 5.73 Å². The highest BCUT2D eigenvalue weighted by Crippen LogP contribution is 2.20. The minimum absolute atomic E-state index is 0.0296. The summed E-state index contributed by atoms with van der Waals surface area (Å²) in [5, 5.41) is 12.4. The zero-order chi connectivity index (χ0) is 14.7. The van der Waals surface area contributed by atoms with Crippen LogP contribution >= 0.6 is 0 Å². The zero-order valence-corrected chi connectivity index (χ0v) is 11.4. The van der Waals surface area contributed by atoms with Crippen LogP contribution in [0.3, 0.4) is 0 Å². The fourth-order valence-corrected chi connectivity index (χ4v) is 2.05. The first-order chi connectivity index (χ1) is 9.52. The summed E-state index contributed by atoms with van der Waals surface area (Å²) in [4.78, 5) is 25.3. The smallest absolute Gasteiger partial charge is 0.257 e. The summed E-state index contributed by atoms with van der Waals surface area (Å²) in [5.74, 6) is -0.446. The number of carbonyl (C=O) groups excluding carboxylic acids is 2. The average Bonchev–Trinajstić information content (AvgIpc) is 2.41. The number of rotatable bonds is 4. The van der Waals surface area contributed by atoms with Crippen LogP contribution in [0.25, 0.3) is 0 Å². The molecule has 0 spiro atoms. The minimum Gasteiger partial charge on any atom is -0.507 e. The van der Waals surface area contributed by atoms with Gasteiger partial charge >= 0.3 is 0 Å². The second-order valence-electron chi connectivity index (χ2n) is 4.95. The van der Waals surface area contributed by atoms with Gasteiger partial charge in [-0.15, -0.1) is 0 Å². The fraction of sp³-hybridized carbons (Fsp3) is 0.429. The molecule has 20 heavy (non-hydrogen) atoms. The number of likely N-dealkylation sites (tertiary alicyclic amines) is 1. The SMILES string of the molecule is CC[C@H](N)C(=O)NC1CN(C(=O)c2ccccc2O)C1. The molecule has 2 amide bonds. The summed E-state index contributed by atoms with van der Waals surface area (Å²) in [5.41, 5.74) is 5.90. The van der Waals surface area contributed by atoms with E-state index in [-0.39, 0.29) is 29.2 Å². The van der Waals surface area contributed by atoms with Crippen LogP contribution in [0.15, 0.2) is 24.3 Å². The lowest BCUT2D eigenvalue weighted by Gasteiger charge is -2.40. The molecule has 1 saturated heterocycles. The van der Waals surface area contributed by atoms with Crippen molar-refractivity contribution in [1.82, 2.24) is 10.2 Å². The average molecular weight is 277 g/mol. The number of amides is 2. The second-order valence-corrected chi connectivity index (χ2v) is 4.95. The Morgan fingerprint density at radius 3 is 2.70 bits per heavy atom. The van der Waals surface area contributed by atoms with Crippen molar-refractivity contribution in [2.45, 2.75) is 25.4 Å². The molecule has 6 heteroatoms. The number of aromatic hydroxyl groups is 1. The molecule has 0 saturated carbocycles. The van der Waals surface area contributed by atoms with Crippen LogP contribution in [0.2, 0.25) is 0 Å². The van der Waals surface area contributed by atoms with E-state index >= 15 is 0 Å². The third-order valence-corrected chi connectivity index (χ3v) is 3.43. The molecule has 1 atom stereocenters. The molecule has 2 rings (SSSR count). The van der Waals surface area contributed by atoms with Crippen LogP contribution in [0.1, 0.15) is 23.7 Å². The highest BCUT2D eigenvalue weighted by molar-refractivity contribution is 5.97. The summed E-state index contributed by atoms with van der Waals surface area (Å²) in [6.45, 7) is 2.73. The standard InChI is InChI=1S/C14H19N3O3/c1-2-11(15)13(19)16-9-7-17(8-9)14(20)10-5-3-4-6-12(10)18/h3-6,9,11,18H,2,7-8,15H2,1H3,(H,16,19)/t11-/m0/s1. The summed E-state index contributed by atoms with van der Waals surface area (Å²) < 4.78 is 0. The van der Waals surface area contributed by atoms with Crippen molar-refractivity contribution in [3.8, 4) is 5.75 Å². The highest BCUT2D eigenvalue weighted by Gasteiger charge is 2.33. The molecule has 0 aromatic heterocycles. The van der Waals surface area contributed by atoms with Crippen LogP contribution in [-0.2, 0) is 4.79 Å². The number of nitrogens with one attached hydrogen (secondary N) is 1. The Balaban J connectivity index is 1.86. The molecule has 1 heterocycles. The summed E-state index contributed by atoms with van der Waals surface area (Å²) in [7, 11) is 0. The van der Waals surface area contributed by atoms with Crippen molar-refractivity contribution < 1.29 is 14.7 Å². The summed E-state index contributed by atoms with van der Waals surface area (Å²) in [6, 6.07) is 5.86. The molecule has 0 aliphatic carbocycles. The summed E-state index contributed by atoms with van der Waals surface area (Å²) >= 11 is 0. The first kappa shape index (κ1) is 14.3. The zero-order valence-electron chi connectivity index (χ0n) is 11.4. The van der Waals surface area contributed by atoms with Gasteiger partial charge in [0.15, 0.2) is 0 Å². The monoisotopic (exact) mass is 277 g/mol. The van der Waals surface area contributed by atoms with Crippen molar-refractivity contribution in [1.29, 1.82) is 0 Å². The van der Waals surface area contributed by atoms with Gasteiger partial charge in [0.2, 0.25) is 5.91 Å². The third-order valence-electron chi connectivity index (χ3n) is 3.43. The lowest BCUT2D eigenvalue weighted by Crippen LogP contribution is -2.62. The van der Waals surface area contributed by atoms with E-state index in [2.05, 4.69) is 5.32 Å². The first-order valence-corrected chi connectivity index (χ1v) is 6.66. The Bertz CT molecular complexity index is 512. The van der Waals surface area contributed by atoms with Crippen molar-refractivity contribution in [3.05, 3.63) is 29.8 Å². The number of para-hydroxylation sites is 1. The van der Waals surface area contributed by atoms with Crippen molar-refractivity contribution >= 4 is 11.8 Å². The van der Waals surface area contributed by atoms with Crippen molar-refractivity contribution in [2.24, 2.45) is 5.73 Å². The maximum Gasteiger partial charge on any atom is 0.257 e. The van der Waals surface area contributed by atoms with Crippen LogP contribution in [0.5, 0.6) is 5.75 Å². The first-order valence-electron chi connectivity index (χ1n) is 6.66. The highest BCUT2D eigenvalue weighted by atomic mass is 16.3. The van der Waals surface area contributed by atoms with E-state index in [0.29, 0.717) is 19.5 Å². The van der Waals surface area contributed by atoms with Gasteiger partial charge in [0.25, 0.3) is 5.91 Å². The van der Waals surface area contributed by atoms with Crippen molar-refractivity contribution in [3.63, 3.8) is 0 Å². The Hall–Kier alpha value is -2.08. The molecular weight excluding hydrogens is 258 g/mol. The number of phenols is 1. The molecule has 108 valence electrons. The molecule has 1 fully saturated rings. The number of benzene rings is 1. The molecule has 0 unspecified atom stereocenters. The fourth-order valence-electron chi connectivity index (χ4n) is 2.05. The lowest BCUT2D eigenvalue weighted by atomic mass is 10.1. The normalized spacial score (nSPS) is 16.4. The predicted octanol–water partition coefficient (Wildman–Crippen LogP) is 0.0701. The van der Waals surface area contributed by atoms with Crippen LogP contribution < -0.4 is 11.1 Å². The number of phenolic OH excluding ortho intramolecular Hbond substituents is 1. The maximum atomic E-state index is 12.1. The van der Waals surface area contributed by atoms with Gasteiger partial charge < -0.3 is 21.1 Å². The molecule has 6 nitrogen and oxygen atoms in total. The topological polar surface area (TPSA) is 95.7 Å².